The van der Waals surface area contributed by atoms with E-state index in [-0.39, 0.29) is 24.5 Å². The van der Waals surface area contributed by atoms with Gasteiger partial charge in [0.2, 0.25) is 5.91 Å². The van der Waals surface area contributed by atoms with Gasteiger partial charge in [0.15, 0.2) is 0 Å². The standard InChI is InChI=1S/C13H21NO4/c15-12(14-7-1-2-8-14)9-18-11-5-3-10(4-6-11)13(16)17/h10-11H,1-9H2,(H,16,17). The normalized spacial score (nSPS) is 28.3. The number of hydrogen-bond acceptors (Lipinski definition) is 3. The maximum Gasteiger partial charge on any atom is 0.306 e. The first-order valence-corrected chi connectivity index (χ1v) is 6.79. The molecule has 0 aromatic carbocycles. The second-order valence-electron chi connectivity index (χ2n) is 5.21. The summed E-state index contributed by atoms with van der Waals surface area (Å²) in [6.45, 7) is 1.87. The van der Waals surface area contributed by atoms with Crippen LogP contribution in [0, 0.1) is 5.92 Å². The fourth-order valence-corrected chi connectivity index (χ4v) is 2.72. The number of aliphatic carboxylic acids is 1. The quantitative estimate of drug-likeness (QED) is 0.821. The number of likely N-dealkylation sites (tertiary alicyclic amines) is 1. The minimum absolute atomic E-state index is 0.0622. The summed E-state index contributed by atoms with van der Waals surface area (Å²) in [5.74, 6) is -0.853. The van der Waals surface area contributed by atoms with Crippen LogP contribution in [0.2, 0.25) is 0 Å². The van der Waals surface area contributed by atoms with E-state index in [1.54, 1.807) is 0 Å². The van der Waals surface area contributed by atoms with Crippen LogP contribution in [0.3, 0.4) is 0 Å². The van der Waals surface area contributed by atoms with Crippen LogP contribution in [-0.2, 0) is 14.3 Å². The van der Waals surface area contributed by atoms with Gasteiger partial charge in [-0.1, -0.05) is 0 Å². The molecule has 1 saturated heterocycles. The van der Waals surface area contributed by atoms with Crippen molar-refractivity contribution in [2.45, 2.75) is 44.6 Å². The number of nitrogens with zero attached hydrogens (tertiary/aromatic N) is 1. The highest BCUT2D eigenvalue weighted by atomic mass is 16.5. The molecule has 0 bridgehead atoms. The molecule has 0 unspecified atom stereocenters. The Kier molecular flexibility index (Phi) is 4.58. The first kappa shape index (κ1) is 13.3. The zero-order valence-electron chi connectivity index (χ0n) is 10.6. The largest absolute Gasteiger partial charge is 0.481 e. The van der Waals surface area contributed by atoms with Crippen molar-refractivity contribution in [2.75, 3.05) is 19.7 Å². The summed E-state index contributed by atoms with van der Waals surface area (Å²) >= 11 is 0. The predicted molar refractivity (Wildman–Crippen MR) is 65.1 cm³/mol. The van der Waals surface area contributed by atoms with Crippen molar-refractivity contribution in [3.05, 3.63) is 0 Å². The van der Waals surface area contributed by atoms with Crippen molar-refractivity contribution in [1.82, 2.24) is 4.90 Å². The molecule has 18 heavy (non-hydrogen) atoms. The molecule has 2 rings (SSSR count). The van der Waals surface area contributed by atoms with Crippen molar-refractivity contribution in [1.29, 1.82) is 0 Å². The molecule has 102 valence electrons. The van der Waals surface area contributed by atoms with Crippen molar-refractivity contribution in [3.8, 4) is 0 Å². The topological polar surface area (TPSA) is 66.8 Å². The van der Waals surface area contributed by atoms with E-state index in [0.717, 1.165) is 38.8 Å². The molecule has 1 aliphatic carbocycles. The first-order valence-electron chi connectivity index (χ1n) is 6.79. The molecule has 2 fully saturated rings. The van der Waals surface area contributed by atoms with Crippen LogP contribution >= 0.6 is 0 Å². The van der Waals surface area contributed by atoms with Crippen molar-refractivity contribution < 1.29 is 19.4 Å². The van der Waals surface area contributed by atoms with Crippen LogP contribution in [0.15, 0.2) is 0 Å². The molecule has 1 amide bonds. The van der Waals surface area contributed by atoms with Gasteiger partial charge in [-0.2, -0.15) is 0 Å². The molecular formula is C13H21NO4. The van der Waals surface area contributed by atoms with Gasteiger partial charge in [-0.05, 0) is 38.5 Å². The fraction of sp³-hybridized carbons (Fsp3) is 0.846. The summed E-state index contributed by atoms with van der Waals surface area (Å²) in [4.78, 5) is 24.4. The van der Waals surface area contributed by atoms with E-state index in [1.165, 1.54) is 0 Å². The summed E-state index contributed by atoms with van der Waals surface area (Å²) < 4.78 is 5.60. The third kappa shape index (κ3) is 3.45. The average Bonchev–Trinajstić information content (AvgIpc) is 2.90. The highest BCUT2D eigenvalue weighted by Gasteiger charge is 2.27. The van der Waals surface area contributed by atoms with Crippen LogP contribution in [0.4, 0.5) is 0 Å². The number of rotatable bonds is 4. The molecule has 1 saturated carbocycles. The van der Waals surface area contributed by atoms with E-state index in [1.807, 2.05) is 4.90 Å². The van der Waals surface area contributed by atoms with Crippen LogP contribution in [-0.4, -0.2) is 47.7 Å². The Balaban J connectivity index is 1.65. The molecule has 1 aliphatic heterocycles. The highest BCUT2D eigenvalue weighted by Crippen LogP contribution is 2.26. The van der Waals surface area contributed by atoms with Gasteiger partial charge in [-0.3, -0.25) is 9.59 Å². The number of hydrogen-bond donors (Lipinski definition) is 1. The lowest BCUT2D eigenvalue weighted by Crippen LogP contribution is -2.34. The van der Waals surface area contributed by atoms with Gasteiger partial charge in [0.1, 0.15) is 6.61 Å². The lowest BCUT2D eigenvalue weighted by atomic mass is 9.87. The molecular weight excluding hydrogens is 234 g/mol. The molecule has 2 aliphatic rings. The Morgan fingerprint density at radius 3 is 2.28 bits per heavy atom. The van der Waals surface area contributed by atoms with Crippen molar-refractivity contribution >= 4 is 11.9 Å². The molecule has 0 aromatic heterocycles. The Bertz CT molecular complexity index is 304. The van der Waals surface area contributed by atoms with Crippen LogP contribution in [0.5, 0.6) is 0 Å². The van der Waals surface area contributed by atoms with Gasteiger partial charge >= 0.3 is 5.97 Å². The monoisotopic (exact) mass is 255 g/mol. The molecule has 0 atom stereocenters. The number of ether oxygens (including phenoxy) is 1. The summed E-state index contributed by atoms with van der Waals surface area (Å²) in [5, 5.41) is 8.88. The van der Waals surface area contributed by atoms with Gasteiger partial charge in [-0.15, -0.1) is 0 Å². The molecule has 0 aromatic rings. The molecule has 0 spiro atoms. The lowest BCUT2D eigenvalue weighted by molar-refractivity contribution is -0.145. The third-order valence-electron chi connectivity index (χ3n) is 3.92. The number of carbonyl (C=O) groups is 2. The summed E-state index contributed by atoms with van der Waals surface area (Å²) in [6.07, 6.45) is 5.09. The second kappa shape index (κ2) is 6.18. The average molecular weight is 255 g/mol. The smallest absolute Gasteiger partial charge is 0.306 e. The summed E-state index contributed by atoms with van der Waals surface area (Å²) in [6, 6.07) is 0. The van der Waals surface area contributed by atoms with Gasteiger partial charge < -0.3 is 14.7 Å². The van der Waals surface area contributed by atoms with Crippen LogP contribution in [0.1, 0.15) is 38.5 Å². The van der Waals surface area contributed by atoms with E-state index in [2.05, 4.69) is 0 Å². The molecule has 1 heterocycles. The minimum Gasteiger partial charge on any atom is -0.481 e. The van der Waals surface area contributed by atoms with E-state index < -0.39 is 5.97 Å². The highest BCUT2D eigenvalue weighted by molar-refractivity contribution is 5.77. The Morgan fingerprint density at radius 2 is 1.72 bits per heavy atom. The van der Waals surface area contributed by atoms with E-state index in [9.17, 15) is 9.59 Å². The fourth-order valence-electron chi connectivity index (χ4n) is 2.72. The Hall–Kier alpha value is -1.10. The molecule has 0 radical (unpaired) electrons. The Morgan fingerprint density at radius 1 is 1.11 bits per heavy atom. The number of amides is 1. The van der Waals surface area contributed by atoms with Crippen LogP contribution in [0.25, 0.3) is 0 Å². The SMILES string of the molecule is O=C(O)C1CCC(OCC(=O)N2CCCC2)CC1. The summed E-state index contributed by atoms with van der Waals surface area (Å²) in [5.41, 5.74) is 0. The van der Waals surface area contributed by atoms with Gasteiger partial charge in [0.25, 0.3) is 0 Å². The van der Waals surface area contributed by atoms with Gasteiger partial charge in [0.05, 0.1) is 12.0 Å². The van der Waals surface area contributed by atoms with Gasteiger partial charge in [0, 0.05) is 13.1 Å². The van der Waals surface area contributed by atoms with E-state index in [4.69, 9.17) is 9.84 Å². The van der Waals surface area contributed by atoms with Crippen molar-refractivity contribution in [2.24, 2.45) is 5.92 Å². The van der Waals surface area contributed by atoms with Gasteiger partial charge in [-0.25, -0.2) is 0 Å². The number of carboxylic acids is 1. The van der Waals surface area contributed by atoms with Crippen molar-refractivity contribution in [3.63, 3.8) is 0 Å². The van der Waals surface area contributed by atoms with E-state index >= 15 is 0 Å². The third-order valence-corrected chi connectivity index (χ3v) is 3.92. The predicted octanol–water partition coefficient (Wildman–Crippen LogP) is 1.27. The number of carboxylic acid groups (broad SMARTS) is 1. The molecule has 1 N–H and O–H groups in total. The maximum atomic E-state index is 11.8. The van der Waals surface area contributed by atoms with Crippen LogP contribution < -0.4 is 0 Å². The first-order chi connectivity index (χ1) is 8.66. The number of carbonyl (C=O) groups excluding carboxylic acids is 1. The summed E-state index contributed by atoms with van der Waals surface area (Å²) in [7, 11) is 0. The lowest BCUT2D eigenvalue weighted by Gasteiger charge is -2.26. The van der Waals surface area contributed by atoms with E-state index in [0.29, 0.717) is 12.8 Å². The second-order valence-corrected chi connectivity index (χ2v) is 5.21. The minimum atomic E-state index is -0.707. The Labute approximate surface area is 107 Å². The molecule has 5 heteroatoms. The maximum absolute atomic E-state index is 11.8. The zero-order valence-corrected chi connectivity index (χ0v) is 10.6. The zero-order chi connectivity index (χ0) is 13.0. The molecule has 5 nitrogen and oxygen atoms in total.